The first-order valence-electron chi connectivity index (χ1n) is 13.2. The molecular formula is C30H26F4N4O6. The van der Waals surface area contributed by atoms with Gasteiger partial charge in [0.15, 0.2) is 0 Å². The molecule has 5 rings (SSSR count). The van der Waals surface area contributed by atoms with E-state index < -0.39 is 47.1 Å². The van der Waals surface area contributed by atoms with Crippen molar-refractivity contribution in [3.63, 3.8) is 0 Å². The van der Waals surface area contributed by atoms with E-state index in [1.165, 1.54) is 37.4 Å². The molecule has 2 atom stereocenters. The summed E-state index contributed by atoms with van der Waals surface area (Å²) in [4.78, 5) is 33.8. The Morgan fingerprint density at radius 2 is 1.89 bits per heavy atom. The SMILES string of the molecule is C[C@]1(C(N)=O)COc2c1cc(C(O)(CNC(=O)c1cc(OCCO)c3ncccc3c1)C(F)(F)F)nc2-c1ccc(F)cc1. The molecule has 0 radical (unpaired) electrons. The number of benzene rings is 2. The fourth-order valence-corrected chi connectivity index (χ4v) is 4.80. The predicted octanol–water partition coefficient (Wildman–Crippen LogP) is 3.12. The van der Waals surface area contributed by atoms with Gasteiger partial charge in [-0.2, -0.15) is 13.2 Å². The van der Waals surface area contributed by atoms with Crippen molar-refractivity contribution in [3.05, 3.63) is 83.4 Å². The van der Waals surface area contributed by atoms with Crippen LogP contribution in [0.5, 0.6) is 11.5 Å². The highest BCUT2D eigenvalue weighted by Crippen LogP contribution is 2.47. The Morgan fingerprint density at radius 1 is 1.16 bits per heavy atom. The minimum absolute atomic E-state index is 0.0459. The first-order chi connectivity index (χ1) is 20.8. The number of rotatable bonds is 9. The van der Waals surface area contributed by atoms with Crippen molar-refractivity contribution in [1.29, 1.82) is 0 Å². The number of pyridine rings is 2. The highest BCUT2D eigenvalue weighted by Gasteiger charge is 2.57. The lowest BCUT2D eigenvalue weighted by Crippen LogP contribution is -2.51. The summed E-state index contributed by atoms with van der Waals surface area (Å²) >= 11 is 0. The predicted molar refractivity (Wildman–Crippen MR) is 148 cm³/mol. The number of alkyl halides is 3. The average Bonchev–Trinajstić information content (AvgIpc) is 3.35. The van der Waals surface area contributed by atoms with Crippen molar-refractivity contribution in [2.24, 2.45) is 5.73 Å². The molecule has 5 N–H and O–H groups in total. The van der Waals surface area contributed by atoms with E-state index in [0.717, 1.165) is 18.2 Å². The Morgan fingerprint density at radius 3 is 2.55 bits per heavy atom. The Bertz CT molecular complexity index is 1750. The molecule has 1 unspecified atom stereocenters. The molecule has 0 saturated carbocycles. The largest absolute Gasteiger partial charge is 0.489 e. The molecule has 2 aromatic heterocycles. The first kappa shape index (κ1) is 30.6. The van der Waals surface area contributed by atoms with E-state index >= 15 is 0 Å². The fourth-order valence-electron chi connectivity index (χ4n) is 4.80. The molecule has 0 aliphatic carbocycles. The summed E-state index contributed by atoms with van der Waals surface area (Å²) in [6.45, 7) is -0.777. The molecule has 1 aliphatic heterocycles. The van der Waals surface area contributed by atoms with Gasteiger partial charge in [0.2, 0.25) is 11.5 Å². The van der Waals surface area contributed by atoms with Crippen LogP contribution in [0.15, 0.2) is 60.8 Å². The number of carbonyl (C=O) groups is 2. The minimum Gasteiger partial charge on any atom is -0.489 e. The number of nitrogens with two attached hydrogens (primary N) is 1. The van der Waals surface area contributed by atoms with Gasteiger partial charge in [0.25, 0.3) is 5.91 Å². The van der Waals surface area contributed by atoms with Gasteiger partial charge < -0.3 is 30.7 Å². The summed E-state index contributed by atoms with van der Waals surface area (Å²) in [6, 6.07) is 11.3. The molecule has 0 saturated heterocycles. The molecule has 230 valence electrons. The van der Waals surface area contributed by atoms with Gasteiger partial charge in [-0.05, 0) is 55.5 Å². The summed E-state index contributed by atoms with van der Waals surface area (Å²) in [5, 5.41) is 22.9. The van der Waals surface area contributed by atoms with Crippen LogP contribution in [-0.2, 0) is 15.8 Å². The summed E-state index contributed by atoms with van der Waals surface area (Å²) in [7, 11) is 0. The number of carbonyl (C=O) groups excluding carboxylic acids is 2. The van der Waals surface area contributed by atoms with Gasteiger partial charge in [-0.15, -0.1) is 0 Å². The van der Waals surface area contributed by atoms with Crippen LogP contribution in [-0.4, -0.2) is 64.5 Å². The molecule has 2 amide bonds. The van der Waals surface area contributed by atoms with E-state index in [2.05, 4.69) is 15.3 Å². The zero-order valence-corrected chi connectivity index (χ0v) is 23.1. The number of ether oxygens (including phenoxy) is 2. The highest BCUT2D eigenvalue weighted by molar-refractivity contribution is 6.00. The van der Waals surface area contributed by atoms with Crippen molar-refractivity contribution in [2.45, 2.75) is 24.1 Å². The van der Waals surface area contributed by atoms with E-state index in [9.17, 15) is 32.3 Å². The van der Waals surface area contributed by atoms with E-state index in [-0.39, 0.29) is 53.7 Å². The van der Waals surface area contributed by atoms with Crippen LogP contribution < -0.4 is 20.5 Å². The van der Waals surface area contributed by atoms with Crippen LogP contribution >= 0.6 is 0 Å². The summed E-state index contributed by atoms with van der Waals surface area (Å²) in [5.41, 5.74) is -0.554. The maximum Gasteiger partial charge on any atom is 0.424 e. The molecule has 0 bridgehead atoms. The second-order valence-corrected chi connectivity index (χ2v) is 10.4. The number of nitrogens with one attached hydrogen (secondary N) is 1. The van der Waals surface area contributed by atoms with Crippen LogP contribution in [0.4, 0.5) is 17.6 Å². The lowest BCUT2D eigenvalue weighted by atomic mass is 9.81. The fraction of sp³-hybridized carbons (Fsp3) is 0.267. The maximum absolute atomic E-state index is 14.7. The number of halogens is 4. The van der Waals surface area contributed by atoms with E-state index in [0.29, 0.717) is 10.9 Å². The normalized spacial score (nSPS) is 17.4. The van der Waals surface area contributed by atoms with Gasteiger partial charge in [-0.25, -0.2) is 9.37 Å². The second kappa shape index (κ2) is 11.4. The summed E-state index contributed by atoms with van der Waals surface area (Å²) < 4.78 is 68.8. The van der Waals surface area contributed by atoms with Crippen molar-refractivity contribution in [2.75, 3.05) is 26.4 Å². The zero-order chi connectivity index (χ0) is 31.9. The van der Waals surface area contributed by atoms with Gasteiger partial charge in [0.05, 0.1) is 18.8 Å². The molecule has 1 aliphatic rings. The molecule has 4 aromatic rings. The summed E-state index contributed by atoms with van der Waals surface area (Å²) in [5.74, 6) is -2.43. The molecule has 2 aromatic carbocycles. The number of aromatic nitrogens is 2. The van der Waals surface area contributed by atoms with Gasteiger partial charge in [-0.1, -0.05) is 6.07 Å². The van der Waals surface area contributed by atoms with Crippen LogP contribution in [0.1, 0.15) is 28.5 Å². The van der Waals surface area contributed by atoms with Gasteiger partial charge in [0.1, 0.15) is 47.2 Å². The topological polar surface area (TPSA) is 157 Å². The number of aliphatic hydroxyl groups excluding tert-OH is 1. The van der Waals surface area contributed by atoms with Crippen LogP contribution in [0, 0.1) is 5.82 Å². The lowest BCUT2D eigenvalue weighted by Gasteiger charge is -2.31. The van der Waals surface area contributed by atoms with Crippen molar-refractivity contribution in [1.82, 2.24) is 15.3 Å². The van der Waals surface area contributed by atoms with Crippen LogP contribution in [0.25, 0.3) is 22.2 Å². The second-order valence-electron chi connectivity index (χ2n) is 10.4. The number of hydrogen-bond acceptors (Lipinski definition) is 8. The summed E-state index contributed by atoms with van der Waals surface area (Å²) in [6.07, 6.45) is -3.90. The molecule has 44 heavy (non-hydrogen) atoms. The Kier molecular flexibility index (Phi) is 7.90. The molecule has 14 heteroatoms. The number of hydrogen-bond donors (Lipinski definition) is 4. The zero-order valence-electron chi connectivity index (χ0n) is 23.1. The maximum atomic E-state index is 14.7. The standard InChI is InChI=1S/C30H26F4N4O6/c1-28(27(35)41)15-44-25-20(28)13-22(38-24(25)16-4-6-19(31)7-5-16)29(42,30(32,33)34)14-37-26(40)18-11-17-3-2-8-36-23(17)21(12-18)43-10-9-39/h2-8,11-13,39,42H,9-10,14-15H2,1H3,(H2,35,41)(H,37,40)/t28-,29?/m0/s1. The molecule has 10 nitrogen and oxygen atoms in total. The van der Waals surface area contributed by atoms with Crippen LogP contribution in [0.2, 0.25) is 0 Å². The Hall–Kier alpha value is -4.82. The van der Waals surface area contributed by atoms with E-state index in [1.54, 1.807) is 12.1 Å². The van der Waals surface area contributed by atoms with E-state index in [4.69, 9.17) is 20.3 Å². The van der Waals surface area contributed by atoms with E-state index in [1.807, 2.05) is 0 Å². The van der Waals surface area contributed by atoms with Crippen LogP contribution in [0.3, 0.4) is 0 Å². The monoisotopic (exact) mass is 614 g/mol. The Balaban J connectivity index is 1.57. The van der Waals surface area contributed by atoms with Gasteiger partial charge in [0, 0.05) is 28.3 Å². The number of primary amides is 1. The third-order valence-corrected chi connectivity index (χ3v) is 7.41. The number of nitrogens with zero attached hydrogens (tertiary/aromatic N) is 2. The first-order valence-corrected chi connectivity index (χ1v) is 13.2. The van der Waals surface area contributed by atoms with Crippen molar-refractivity contribution < 1.29 is 46.8 Å². The molecular weight excluding hydrogens is 588 g/mol. The number of fused-ring (bicyclic) bond motifs is 2. The van der Waals surface area contributed by atoms with Crippen molar-refractivity contribution in [3.8, 4) is 22.8 Å². The average molecular weight is 615 g/mol. The highest BCUT2D eigenvalue weighted by atomic mass is 19.4. The quantitative estimate of drug-likeness (QED) is 0.210. The van der Waals surface area contributed by atoms with Crippen molar-refractivity contribution >= 4 is 22.7 Å². The lowest BCUT2D eigenvalue weighted by molar-refractivity contribution is -0.265. The minimum atomic E-state index is -5.38. The molecule has 0 fully saturated rings. The molecule has 0 spiro atoms. The number of amides is 2. The number of aliphatic hydroxyl groups is 2. The smallest absolute Gasteiger partial charge is 0.424 e. The van der Waals surface area contributed by atoms with Gasteiger partial charge in [-0.3, -0.25) is 14.6 Å². The third-order valence-electron chi connectivity index (χ3n) is 7.41. The molecule has 3 heterocycles. The third kappa shape index (κ3) is 5.37. The Labute approximate surface area is 247 Å². The van der Waals surface area contributed by atoms with Gasteiger partial charge >= 0.3 is 6.18 Å².